The first-order chi connectivity index (χ1) is 13.6. The summed E-state index contributed by atoms with van der Waals surface area (Å²) in [5.41, 5.74) is 3.14. The number of imidazole rings is 1. The molecule has 1 amide bonds. The lowest BCUT2D eigenvalue weighted by Gasteiger charge is -2.17. The standard InChI is InChI=1S/C23H28N4O/c1-17(2)27-21(25-20-9-6-13-24-23(20)27)15-19-12-14-26(16-19)22(28)11-10-18-7-4-3-5-8-18/h3-9,13,17,19H,10-12,14-16H2,1-2H3. The highest BCUT2D eigenvalue weighted by Crippen LogP contribution is 2.25. The highest BCUT2D eigenvalue weighted by molar-refractivity contribution is 5.76. The number of hydrogen-bond acceptors (Lipinski definition) is 3. The zero-order valence-electron chi connectivity index (χ0n) is 16.7. The van der Waals surface area contributed by atoms with E-state index in [0.29, 0.717) is 18.4 Å². The van der Waals surface area contributed by atoms with Gasteiger partial charge < -0.3 is 9.47 Å². The van der Waals surface area contributed by atoms with Gasteiger partial charge in [0.2, 0.25) is 5.91 Å². The Labute approximate surface area is 166 Å². The summed E-state index contributed by atoms with van der Waals surface area (Å²) in [4.78, 5) is 24.0. The zero-order chi connectivity index (χ0) is 19.5. The van der Waals surface area contributed by atoms with Crippen LogP contribution in [-0.2, 0) is 17.6 Å². The molecule has 1 saturated heterocycles. The van der Waals surface area contributed by atoms with E-state index in [1.165, 1.54) is 5.56 Å². The Hall–Kier alpha value is -2.69. The summed E-state index contributed by atoms with van der Waals surface area (Å²) in [6.07, 6.45) is 5.18. The average Bonchev–Trinajstić information content (AvgIpc) is 3.31. The molecule has 5 nitrogen and oxygen atoms in total. The summed E-state index contributed by atoms with van der Waals surface area (Å²) in [6, 6.07) is 14.5. The van der Waals surface area contributed by atoms with Gasteiger partial charge in [-0.3, -0.25) is 4.79 Å². The Bertz CT molecular complexity index is 948. The first-order valence-electron chi connectivity index (χ1n) is 10.3. The number of likely N-dealkylation sites (tertiary alicyclic amines) is 1. The largest absolute Gasteiger partial charge is 0.342 e. The van der Waals surface area contributed by atoms with Crippen molar-refractivity contribution in [1.82, 2.24) is 19.4 Å². The molecular formula is C23H28N4O. The third-order valence-corrected chi connectivity index (χ3v) is 5.62. The first-order valence-corrected chi connectivity index (χ1v) is 10.3. The van der Waals surface area contributed by atoms with Crippen molar-refractivity contribution in [3.05, 3.63) is 60.0 Å². The van der Waals surface area contributed by atoms with Crippen molar-refractivity contribution in [3.8, 4) is 0 Å². The van der Waals surface area contributed by atoms with E-state index in [0.717, 1.165) is 49.3 Å². The Kier molecular flexibility index (Phi) is 5.42. The number of fused-ring (bicyclic) bond motifs is 1. The van der Waals surface area contributed by atoms with Gasteiger partial charge in [0.1, 0.15) is 11.3 Å². The predicted molar refractivity (Wildman–Crippen MR) is 111 cm³/mol. The number of carbonyl (C=O) groups excluding carboxylic acids is 1. The van der Waals surface area contributed by atoms with Gasteiger partial charge in [-0.25, -0.2) is 9.97 Å². The second-order valence-electron chi connectivity index (χ2n) is 8.02. The van der Waals surface area contributed by atoms with Crippen molar-refractivity contribution >= 4 is 17.1 Å². The van der Waals surface area contributed by atoms with Gasteiger partial charge in [0.25, 0.3) is 0 Å². The molecule has 1 aromatic carbocycles. The second kappa shape index (κ2) is 8.13. The topological polar surface area (TPSA) is 51.0 Å². The fraction of sp³-hybridized carbons (Fsp3) is 0.435. The van der Waals surface area contributed by atoms with Crippen molar-refractivity contribution < 1.29 is 4.79 Å². The first kappa shape index (κ1) is 18.7. The molecule has 0 saturated carbocycles. The number of amides is 1. The maximum atomic E-state index is 12.6. The molecule has 1 atom stereocenters. The lowest BCUT2D eigenvalue weighted by atomic mass is 10.0. The molecule has 0 spiro atoms. The van der Waals surface area contributed by atoms with Gasteiger partial charge in [-0.15, -0.1) is 0 Å². The van der Waals surface area contributed by atoms with E-state index in [-0.39, 0.29) is 5.91 Å². The molecule has 0 bridgehead atoms. The van der Waals surface area contributed by atoms with E-state index in [1.54, 1.807) is 0 Å². The third-order valence-electron chi connectivity index (χ3n) is 5.62. The number of carbonyl (C=O) groups is 1. The highest BCUT2D eigenvalue weighted by atomic mass is 16.2. The van der Waals surface area contributed by atoms with Gasteiger partial charge in [0.05, 0.1) is 0 Å². The predicted octanol–water partition coefficient (Wildman–Crippen LogP) is 4.04. The maximum Gasteiger partial charge on any atom is 0.222 e. The van der Waals surface area contributed by atoms with Crippen LogP contribution in [0.25, 0.3) is 11.2 Å². The molecule has 0 N–H and O–H groups in total. The summed E-state index contributed by atoms with van der Waals surface area (Å²) in [6.45, 7) is 6.04. The number of benzene rings is 1. The molecule has 4 rings (SSSR count). The molecule has 3 heterocycles. The van der Waals surface area contributed by atoms with Crippen molar-refractivity contribution in [1.29, 1.82) is 0 Å². The smallest absolute Gasteiger partial charge is 0.222 e. The maximum absolute atomic E-state index is 12.6. The van der Waals surface area contributed by atoms with Crippen LogP contribution in [0.4, 0.5) is 0 Å². The lowest BCUT2D eigenvalue weighted by Crippen LogP contribution is -2.29. The van der Waals surface area contributed by atoms with E-state index >= 15 is 0 Å². The minimum Gasteiger partial charge on any atom is -0.342 e. The van der Waals surface area contributed by atoms with E-state index in [2.05, 4.69) is 35.5 Å². The molecule has 0 aliphatic carbocycles. The average molecular weight is 377 g/mol. The number of nitrogens with zero attached hydrogens (tertiary/aromatic N) is 4. The molecule has 146 valence electrons. The van der Waals surface area contributed by atoms with Crippen molar-refractivity contribution in [3.63, 3.8) is 0 Å². The quantitative estimate of drug-likeness (QED) is 0.652. The number of rotatable bonds is 6. The number of aromatic nitrogens is 3. The van der Waals surface area contributed by atoms with Crippen LogP contribution in [0.3, 0.4) is 0 Å². The molecule has 1 unspecified atom stereocenters. The van der Waals surface area contributed by atoms with Crippen molar-refractivity contribution in [2.75, 3.05) is 13.1 Å². The monoisotopic (exact) mass is 376 g/mol. The van der Waals surface area contributed by atoms with Crippen LogP contribution in [0.1, 0.15) is 44.1 Å². The van der Waals surface area contributed by atoms with E-state index in [4.69, 9.17) is 4.98 Å². The number of pyridine rings is 1. The van der Waals surface area contributed by atoms with Crippen LogP contribution in [0, 0.1) is 5.92 Å². The molecule has 1 aliphatic heterocycles. The minimum absolute atomic E-state index is 0.269. The molecule has 1 aliphatic rings. The van der Waals surface area contributed by atoms with Gasteiger partial charge in [0.15, 0.2) is 5.65 Å². The summed E-state index contributed by atoms with van der Waals surface area (Å²) in [5.74, 6) is 1.83. The Balaban J connectivity index is 1.39. The zero-order valence-corrected chi connectivity index (χ0v) is 16.7. The van der Waals surface area contributed by atoms with Crippen LogP contribution < -0.4 is 0 Å². The molecule has 0 radical (unpaired) electrons. The van der Waals surface area contributed by atoms with Gasteiger partial charge >= 0.3 is 0 Å². The summed E-state index contributed by atoms with van der Waals surface area (Å²) in [5, 5.41) is 0. The number of aryl methyl sites for hydroxylation is 1. The molecule has 3 aromatic rings. The summed E-state index contributed by atoms with van der Waals surface area (Å²) >= 11 is 0. The van der Waals surface area contributed by atoms with E-state index in [1.807, 2.05) is 41.4 Å². The minimum atomic E-state index is 0.269. The SMILES string of the molecule is CC(C)n1c(CC2CCN(C(=O)CCc3ccccc3)C2)nc2cccnc21. The van der Waals surface area contributed by atoms with Gasteiger partial charge in [-0.05, 0) is 50.3 Å². The second-order valence-corrected chi connectivity index (χ2v) is 8.02. The van der Waals surface area contributed by atoms with E-state index in [9.17, 15) is 4.79 Å². The molecule has 28 heavy (non-hydrogen) atoms. The molecule has 2 aromatic heterocycles. The van der Waals surface area contributed by atoms with E-state index < -0.39 is 0 Å². The fourth-order valence-corrected chi connectivity index (χ4v) is 4.20. The van der Waals surface area contributed by atoms with Gasteiger partial charge in [-0.2, -0.15) is 0 Å². The normalized spacial score (nSPS) is 17.0. The van der Waals surface area contributed by atoms with Crippen LogP contribution in [-0.4, -0.2) is 38.4 Å². The lowest BCUT2D eigenvalue weighted by molar-refractivity contribution is -0.130. The third kappa shape index (κ3) is 3.93. The highest BCUT2D eigenvalue weighted by Gasteiger charge is 2.28. The molecular weight excluding hydrogens is 348 g/mol. The summed E-state index contributed by atoms with van der Waals surface area (Å²) in [7, 11) is 0. The number of hydrogen-bond donors (Lipinski definition) is 0. The van der Waals surface area contributed by atoms with Crippen molar-refractivity contribution in [2.45, 2.75) is 45.6 Å². The van der Waals surface area contributed by atoms with Gasteiger partial charge in [-0.1, -0.05) is 30.3 Å². The Morgan fingerprint density at radius 2 is 2.00 bits per heavy atom. The van der Waals surface area contributed by atoms with Crippen LogP contribution >= 0.6 is 0 Å². The molecule has 1 fully saturated rings. The van der Waals surface area contributed by atoms with Crippen LogP contribution in [0.15, 0.2) is 48.7 Å². The Morgan fingerprint density at radius 1 is 1.18 bits per heavy atom. The van der Waals surface area contributed by atoms with Gasteiger partial charge in [0, 0.05) is 38.2 Å². The Morgan fingerprint density at radius 3 is 2.79 bits per heavy atom. The van der Waals surface area contributed by atoms with Crippen molar-refractivity contribution in [2.24, 2.45) is 5.92 Å². The van der Waals surface area contributed by atoms with Crippen LogP contribution in [0.5, 0.6) is 0 Å². The van der Waals surface area contributed by atoms with Crippen LogP contribution in [0.2, 0.25) is 0 Å². The fourth-order valence-electron chi connectivity index (χ4n) is 4.20. The summed E-state index contributed by atoms with van der Waals surface area (Å²) < 4.78 is 2.25. The molecule has 5 heteroatoms.